The van der Waals surface area contributed by atoms with E-state index in [0.717, 1.165) is 10.4 Å². The summed E-state index contributed by atoms with van der Waals surface area (Å²) in [5.41, 5.74) is 2.79. The van der Waals surface area contributed by atoms with Crippen LogP contribution in [0.1, 0.15) is 5.56 Å². The van der Waals surface area contributed by atoms with Gasteiger partial charge >= 0.3 is 0 Å². The summed E-state index contributed by atoms with van der Waals surface area (Å²) < 4.78 is 0. The molecule has 2 aromatic carbocycles. The lowest BCUT2D eigenvalue weighted by atomic mass is 10.2. The van der Waals surface area contributed by atoms with E-state index in [4.69, 9.17) is 0 Å². The molecule has 0 atom stereocenters. The first-order valence-corrected chi connectivity index (χ1v) is 5.54. The number of benzene rings is 2. The van der Waals surface area contributed by atoms with E-state index >= 15 is 0 Å². The van der Waals surface area contributed by atoms with Gasteiger partial charge in [-0.1, -0.05) is 6.07 Å². The Bertz CT molecular complexity index is 717. The molecule has 90 valence electrons. The lowest BCUT2D eigenvalue weighted by Crippen LogP contribution is -2.37. The Labute approximate surface area is 103 Å². The molecule has 0 radical (unpaired) electrons. The van der Waals surface area contributed by atoms with Gasteiger partial charge in [0.25, 0.3) is 0 Å². The number of aryl methyl sites for hydroxylation is 1. The largest absolute Gasteiger partial charge is 0.692 e. The fourth-order valence-corrected chi connectivity index (χ4v) is 1.86. The summed E-state index contributed by atoms with van der Waals surface area (Å²) in [7, 11) is 0. The van der Waals surface area contributed by atoms with Crippen molar-refractivity contribution in [3.05, 3.63) is 53.2 Å². The van der Waals surface area contributed by atoms with Crippen LogP contribution < -0.4 is 4.85 Å². The van der Waals surface area contributed by atoms with Crippen LogP contribution in [0.5, 0.6) is 5.75 Å². The van der Waals surface area contributed by atoms with Gasteiger partial charge in [-0.25, -0.2) is 0 Å². The van der Waals surface area contributed by atoms with Gasteiger partial charge in [-0.3, -0.25) is 0 Å². The van der Waals surface area contributed by atoms with E-state index < -0.39 is 0 Å². The molecule has 0 saturated heterocycles. The van der Waals surface area contributed by atoms with Gasteiger partial charge in [0.1, 0.15) is 11.4 Å². The normalized spacial score (nSPS) is 10.9. The highest BCUT2D eigenvalue weighted by atomic mass is 16.5. The molecule has 18 heavy (non-hydrogen) atoms. The summed E-state index contributed by atoms with van der Waals surface area (Å²) in [6, 6.07) is 11.9. The maximum absolute atomic E-state index is 12.1. The minimum Gasteiger partial charge on any atom is -0.692 e. The molecule has 5 heteroatoms. The standard InChI is InChI=1S/C13H11N3O2/c1-9-2-7-12-13(8-9)16(18)15(14-12)10-3-5-11(17)6-4-10/h2-8,17H,1H3. The minimum absolute atomic E-state index is 0.156. The molecule has 0 spiro atoms. The van der Waals surface area contributed by atoms with Crippen LogP contribution in [-0.2, 0) is 0 Å². The van der Waals surface area contributed by atoms with E-state index in [-0.39, 0.29) is 5.75 Å². The molecule has 1 aromatic heterocycles. The van der Waals surface area contributed by atoms with Crippen LogP contribution >= 0.6 is 0 Å². The van der Waals surface area contributed by atoms with E-state index in [9.17, 15) is 10.3 Å². The highest BCUT2D eigenvalue weighted by Gasteiger charge is 2.15. The van der Waals surface area contributed by atoms with Crippen molar-refractivity contribution in [3.8, 4) is 11.4 Å². The van der Waals surface area contributed by atoms with E-state index in [2.05, 4.69) is 5.10 Å². The molecular weight excluding hydrogens is 230 g/mol. The molecule has 0 aliphatic carbocycles. The molecular formula is C13H11N3O2. The fraction of sp³-hybridized carbons (Fsp3) is 0.0769. The number of hydrogen-bond acceptors (Lipinski definition) is 3. The Morgan fingerprint density at radius 3 is 2.61 bits per heavy atom. The molecule has 1 N–H and O–H groups in total. The lowest BCUT2D eigenvalue weighted by Gasteiger charge is -2.03. The number of phenolic OH excluding ortho intramolecular Hbond substituents is 1. The maximum atomic E-state index is 12.1. The molecule has 5 nitrogen and oxygen atoms in total. The molecule has 0 unspecified atom stereocenters. The third-order valence-electron chi connectivity index (χ3n) is 2.79. The van der Waals surface area contributed by atoms with Crippen LogP contribution in [0.25, 0.3) is 16.7 Å². The van der Waals surface area contributed by atoms with Crippen LogP contribution in [0.3, 0.4) is 0 Å². The fourth-order valence-electron chi connectivity index (χ4n) is 1.86. The van der Waals surface area contributed by atoms with E-state index in [0.29, 0.717) is 16.7 Å². The third-order valence-corrected chi connectivity index (χ3v) is 2.79. The van der Waals surface area contributed by atoms with Crippen LogP contribution in [0.4, 0.5) is 0 Å². The summed E-state index contributed by atoms with van der Waals surface area (Å²) in [6.07, 6.45) is 0. The van der Waals surface area contributed by atoms with Gasteiger partial charge in [0, 0.05) is 0 Å². The van der Waals surface area contributed by atoms with Gasteiger partial charge in [-0.2, -0.15) is 0 Å². The lowest BCUT2D eigenvalue weighted by molar-refractivity contribution is -0.664. The van der Waals surface area contributed by atoms with Crippen LogP contribution in [0, 0.1) is 12.1 Å². The Kier molecular flexibility index (Phi) is 2.19. The van der Waals surface area contributed by atoms with Crippen LogP contribution in [0.15, 0.2) is 42.5 Å². The number of phenols is 1. The summed E-state index contributed by atoms with van der Waals surface area (Å²) in [5.74, 6) is 0.156. The number of fused-ring (bicyclic) bond motifs is 1. The zero-order chi connectivity index (χ0) is 12.7. The quantitative estimate of drug-likeness (QED) is 0.520. The molecule has 3 rings (SSSR count). The predicted octanol–water partition coefficient (Wildman–Crippen LogP) is 1.67. The number of nitrogens with zero attached hydrogens (tertiary/aromatic N) is 3. The maximum Gasteiger partial charge on any atom is 0.250 e. The van der Waals surface area contributed by atoms with Crippen molar-refractivity contribution >= 4 is 11.0 Å². The average Bonchev–Trinajstić information content (AvgIpc) is 2.68. The second-order valence-electron chi connectivity index (χ2n) is 4.17. The van der Waals surface area contributed by atoms with E-state index in [1.165, 1.54) is 16.9 Å². The topological polar surface area (TPSA) is 65.0 Å². The smallest absolute Gasteiger partial charge is 0.250 e. The zero-order valence-corrected chi connectivity index (χ0v) is 9.74. The number of aromatic hydroxyl groups is 1. The average molecular weight is 241 g/mol. The van der Waals surface area contributed by atoms with Gasteiger partial charge in [0.2, 0.25) is 11.0 Å². The van der Waals surface area contributed by atoms with Crippen molar-refractivity contribution in [1.82, 2.24) is 9.90 Å². The molecule has 0 bridgehead atoms. The van der Waals surface area contributed by atoms with Gasteiger partial charge in [0.15, 0.2) is 0 Å². The van der Waals surface area contributed by atoms with Gasteiger partial charge in [0.05, 0.1) is 5.10 Å². The molecule has 3 aromatic rings. The first-order chi connectivity index (χ1) is 8.65. The monoisotopic (exact) mass is 241 g/mol. The summed E-state index contributed by atoms with van der Waals surface area (Å²) in [4.78, 5) is 2.01. The molecule has 0 amide bonds. The second kappa shape index (κ2) is 3.73. The first-order valence-electron chi connectivity index (χ1n) is 5.54. The molecule has 1 heterocycles. The van der Waals surface area contributed by atoms with Gasteiger partial charge in [-0.15, -0.1) is 4.85 Å². The first kappa shape index (κ1) is 10.6. The summed E-state index contributed by atoms with van der Waals surface area (Å²) in [6.45, 7) is 1.93. The Morgan fingerprint density at radius 2 is 1.89 bits per heavy atom. The van der Waals surface area contributed by atoms with Crippen LogP contribution in [0.2, 0.25) is 0 Å². The molecule has 0 fully saturated rings. The van der Waals surface area contributed by atoms with Crippen molar-refractivity contribution in [2.24, 2.45) is 0 Å². The SMILES string of the molecule is Cc1ccc2nn(-c3ccc(O)cc3)[n+]([O-])c2c1. The van der Waals surface area contributed by atoms with Gasteiger partial charge in [-0.05, 0) is 53.7 Å². The number of hydrogen-bond donors (Lipinski definition) is 1. The molecule has 0 aliphatic rings. The van der Waals surface area contributed by atoms with Crippen molar-refractivity contribution in [2.45, 2.75) is 6.92 Å². The highest BCUT2D eigenvalue weighted by Crippen LogP contribution is 2.15. The van der Waals surface area contributed by atoms with Gasteiger partial charge < -0.3 is 10.3 Å². The van der Waals surface area contributed by atoms with Crippen molar-refractivity contribution < 1.29 is 9.95 Å². The van der Waals surface area contributed by atoms with E-state index in [1.54, 1.807) is 18.2 Å². The number of rotatable bonds is 1. The predicted molar refractivity (Wildman–Crippen MR) is 66.4 cm³/mol. The van der Waals surface area contributed by atoms with E-state index in [1.807, 2.05) is 19.1 Å². The number of aromatic nitrogens is 3. The molecule has 0 saturated carbocycles. The Hall–Kier alpha value is -2.56. The minimum atomic E-state index is 0.156. The van der Waals surface area contributed by atoms with Crippen molar-refractivity contribution in [2.75, 3.05) is 0 Å². The third kappa shape index (κ3) is 1.57. The Morgan fingerprint density at radius 1 is 1.17 bits per heavy atom. The summed E-state index contributed by atoms with van der Waals surface area (Å²) in [5, 5.41) is 25.6. The zero-order valence-electron chi connectivity index (χ0n) is 9.74. The van der Waals surface area contributed by atoms with Crippen LogP contribution in [-0.4, -0.2) is 15.0 Å². The highest BCUT2D eigenvalue weighted by molar-refractivity contribution is 5.71. The Balaban J connectivity index is 2.23. The molecule has 0 aliphatic heterocycles. The van der Waals surface area contributed by atoms with Crippen molar-refractivity contribution in [3.63, 3.8) is 0 Å². The second-order valence-corrected chi connectivity index (χ2v) is 4.17. The summed E-state index contributed by atoms with van der Waals surface area (Å²) >= 11 is 0. The van der Waals surface area contributed by atoms with Crippen molar-refractivity contribution in [1.29, 1.82) is 0 Å².